The second kappa shape index (κ2) is 6.00. The third-order valence-electron chi connectivity index (χ3n) is 3.24. The fourth-order valence-electron chi connectivity index (χ4n) is 2.06. The van der Waals surface area contributed by atoms with E-state index in [-0.39, 0.29) is 5.41 Å². The fraction of sp³-hybridized carbons (Fsp3) is 0.500. The van der Waals surface area contributed by atoms with Crippen LogP contribution in [0.2, 0.25) is 0 Å². The Hall–Kier alpha value is -1.95. The number of rotatable bonds is 6. The molecule has 2 N–H and O–H groups in total. The molecule has 6 nitrogen and oxygen atoms in total. The van der Waals surface area contributed by atoms with Gasteiger partial charge in [0.15, 0.2) is 5.82 Å². The molecule has 2 aromatic rings. The van der Waals surface area contributed by atoms with Crippen LogP contribution in [0.15, 0.2) is 24.3 Å². The van der Waals surface area contributed by atoms with Crippen LogP contribution in [0.25, 0.3) is 11.4 Å². The molecule has 1 aromatic heterocycles. The molecule has 1 aromatic carbocycles. The number of nitrogens with two attached hydrogens (primary N) is 1. The van der Waals surface area contributed by atoms with Gasteiger partial charge in [0.2, 0.25) is 0 Å². The molecule has 0 radical (unpaired) electrons. The number of anilines is 1. The smallest absolute Gasteiger partial charge is 0.182 e. The highest BCUT2D eigenvalue weighted by molar-refractivity contribution is 5.60. The fourth-order valence-corrected chi connectivity index (χ4v) is 2.06. The van der Waals surface area contributed by atoms with E-state index in [1.807, 2.05) is 28.9 Å². The van der Waals surface area contributed by atoms with Gasteiger partial charge in [0.1, 0.15) is 0 Å². The molecule has 0 fully saturated rings. The van der Waals surface area contributed by atoms with Crippen LogP contribution in [0, 0.1) is 5.41 Å². The van der Waals surface area contributed by atoms with Crippen LogP contribution in [0.3, 0.4) is 0 Å². The highest BCUT2D eigenvalue weighted by Gasteiger charge is 2.21. The minimum atomic E-state index is 0.0560. The van der Waals surface area contributed by atoms with Crippen LogP contribution in [0.1, 0.15) is 20.3 Å². The number of tetrazole rings is 1. The Morgan fingerprint density at radius 1 is 1.35 bits per heavy atom. The molecule has 108 valence electrons. The predicted molar refractivity (Wildman–Crippen MR) is 77.9 cm³/mol. The second-order valence-corrected chi connectivity index (χ2v) is 5.69. The largest absolute Gasteiger partial charge is 0.399 e. The van der Waals surface area contributed by atoms with Crippen molar-refractivity contribution in [3.63, 3.8) is 0 Å². The lowest BCUT2D eigenvalue weighted by molar-refractivity contribution is 0.140. The Kier molecular flexibility index (Phi) is 4.34. The standard InChI is InChI=1S/C14H21N5O/c1-14(2,7-8-20-3)10-19-13(16-17-18-19)11-5-4-6-12(15)9-11/h4-6,9H,7-8,10,15H2,1-3H3. The van der Waals surface area contributed by atoms with Gasteiger partial charge in [-0.1, -0.05) is 26.0 Å². The number of aromatic nitrogens is 4. The van der Waals surface area contributed by atoms with Crippen molar-refractivity contribution in [2.45, 2.75) is 26.8 Å². The summed E-state index contributed by atoms with van der Waals surface area (Å²) in [5.74, 6) is 0.739. The molecule has 20 heavy (non-hydrogen) atoms. The minimum absolute atomic E-state index is 0.0560. The lowest BCUT2D eigenvalue weighted by Gasteiger charge is -2.24. The molecule has 0 aliphatic heterocycles. The van der Waals surface area contributed by atoms with E-state index in [9.17, 15) is 0 Å². The Labute approximate surface area is 118 Å². The molecule has 0 spiro atoms. The first kappa shape index (κ1) is 14.5. The summed E-state index contributed by atoms with van der Waals surface area (Å²) in [6.45, 7) is 5.81. The van der Waals surface area contributed by atoms with Gasteiger partial charge in [0, 0.05) is 25.0 Å². The first-order chi connectivity index (χ1) is 9.52. The summed E-state index contributed by atoms with van der Waals surface area (Å²) in [5, 5.41) is 12.0. The van der Waals surface area contributed by atoms with Crippen molar-refractivity contribution in [1.82, 2.24) is 20.2 Å². The van der Waals surface area contributed by atoms with E-state index in [0.717, 1.165) is 31.0 Å². The van der Waals surface area contributed by atoms with Crippen LogP contribution in [0.4, 0.5) is 5.69 Å². The second-order valence-electron chi connectivity index (χ2n) is 5.69. The van der Waals surface area contributed by atoms with Crippen LogP contribution < -0.4 is 5.73 Å². The maximum atomic E-state index is 5.81. The lowest BCUT2D eigenvalue weighted by atomic mass is 9.89. The SMILES string of the molecule is COCCC(C)(C)Cn1nnnc1-c1cccc(N)c1. The molecule has 0 aliphatic rings. The summed E-state index contributed by atoms with van der Waals surface area (Å²) < 4.78 is 6.97. The monoisotopic (exact) mass is 275 g/mol. The molecule has 0 atom stereocenters. The number of hydrogen-bond acceptors (Lipinski definition) is 5. The highest BCUT2D eigenvalue weighted by Crippen LogP contribution is 2.25. The maximum absolute atomic E-state index is 5.81. The summed E-state index contributed by atoms with van der Waals surface area (Å²) in [6.07, 6.45) is 0.944. The van der Waals surface area contributed by atoms with Crippen molar-refractivity contribution < 1.29 is 4.74 Å². The number of nitrogens with zero attached hydrogens (tertiary/aromatic N) is 4. The molecule has 0 unspecified atom stereocenters. The van der Waals surface area contributed by atoms with Crippen molar-refractivity contribution >= 4 is 5.69 Å². The van der Waals surface area contributed by atoms with Gasteiger partial charge in [-0.15, -0.1) is 5.10 Å². The van der Waals surface area contributed by atoms with Crippen molar-refractivity contribution in [3.8, 4) is 11.4 Å². The first-order valence-corrected chi connectivity index (χ1v) is 6.63. The van der Waals surface area contributed by atoms with E-state index in [1.54, 1.807) is 7.11 Å². The highest BCUT2D eigenvalue weighted by atomic mass is 16.5. The van der Waals surface area contributed by atoms with Crippen molar-refractivity contribution in [3.05, 3.63) is 24.3 Å². The van der Waals surface area contributed by atoms with Crippen LogP contribution >= 0.6 is 0 Å². The lowest BCUT2D eigenvalue weighted by Crippen LogP contribution is -2.23. The van der Waals surface area contributed by atoms with E-state index in [0.29, 0.717) is 5.69 Å². The van der Waals surface area contributed by atoms with Crippen molar-refractivity contribution in [1.29, 1.82) is 0 Å². The molecule has 0 bridgehead atoms. The molecule has 0 saturated heterocycles. The summed E-state index contributed by atoms with van der Waals surface area (Å²) >= 11 is 0. The zero-order chi connectivity index (χ0) is 14.6. The first-order valence-electron chi connectivity index (χ1n) is 6.63. The Bertz CT molecular complexity index is 564. The average molecular weight is 275 g/mol. The summed E-state index contributed by atoms with van der Waals surface area (Å²) in [5.41, 5.74) is 7.50. The van der Waals surface area contributed by atoms with Gasteiger partial charge in [-0.3, -0.25) is 0 Å². The van der Waals surface area contributed by atoms with Crippen LogP contribution in [0.5, 0.6) is 0 Å². The van der Waals surface area contributed by atoms with E-state index >= 15 is 0 Å². The van der Waals surface area contributed by atoms with Gasteiger partial charge < -0.3 is 10.5 Å². The molecular weight excluding hydrogens is 254 g/mol. The van der Waals surface area contributed by atoms with Crippen LogP contribution in [-0.4, -0.2) is 33.9 Å². The molecule has 2 rings (SSSR count). The molecule has 6 heteroatoms. The third-order valence-corrected chi connectivity index (χ3v) is 3.24. The number of nitrogen functional groups attached to an aromatic ring is 1. The zero-order valence-corrected chi connectivity index (χ0v) is 12.2. The molecule has 0 aliphatic carbocycles. The Morgan fingerprint density at radius 3 is 2.85 bits per heavy atom. The van der Waals surface area contributed by atoms with Gasteiger partial charge in [0.25, 0.3) is 0 Å². The van der Waals surface area contributed by atoms with E-state index in [4.69, 9.17) is 10.5 Å². The Balaban J connectivity index is 2.21. The zero-order valence-electron chi connectivity index (χ0n) is 12.2. The van der Waals surface area contributed by atoms with Gasteiger partial charge >= 0.3 is 0 Å². The van der Waals surface area contributed by atoms with Gasteiger partial charge in [0.05, 0.1) is 6.54 Å². The minimum Gasteiger partial charge on any atom is -0.399 e. The Morgan fingerprint density at radius 2 is 2.15 bits per heavy atom. The summed E-state index contributed by atoms with van der Waals surface area (Å²) in [6, 6.07) is 7.59. The van der Waals surface area contributed by atoms with Crippen molar-refractivity contribution in [2.24, 2.45) is 5.41 Å². The van der Waals surface area contributed by atoms with Gasteiger partial charge in [-0.2, -0.15) is 0 Å². The van der Waals surface area contributed by atoms with E-state index in [1.165, 1.54) is 0 Å². The molecule has 0 amide bonds. The summed E-state index contributed by atoms with van der Waals surface area (Å²) in [7, 11) is 1.71. The predicted octanol–water partition coefficient (Wildman–Crippen LogP) is 1.98. The molecule has 0 saturated carbocycles. The molecule has 1 heterocycles. The number of benzene rings is 1. The maximum Gasteiger partial charge on any atom is 0.182 e. The summed E-state index contributed by atoms with van der Waals surface area (Å²) in [4.78, 5) is 0. The number of ether oxygens (including phenoxy) is 1. The van der Waals surface area contributed by atoms with E-state index in [2.05, 4.69) is 29.4 Å². The normalized spacial score (nSPS) is 11.8. The third kappa shape index (κ3) is 3.54. The van der Waals surface area contributed by atoms with E-state index < -0.39 is 0 Å². The van der Waals surface area contributed by atoms with Gasteiger partial charge in [-0.05, 0) is 34.4 Å². The van der Waals surface area contributed by atoms with Crippen LogP contribution in [-0.2, 0) is 11.3 Å². The van der Waals surface area contributed by atoms with Crippen molar-refractivity contribution in [2.75, 3.05) is 19.5 Å². The number of methoxy groups -OCH3 is 1. The quantitative estimate of drug-likeness (QED) is 0.815. The topological polar surface area (TPSA) is 78.8 Å². The average Bonchev–Trinajstić information content (AvgIpc) is 2.84. The van der Waals surface area contributed by atoms with Gasteiger partial charge in [-0.25, -0.2) is 4.68 Å². The molecular formula is C14H21N5O. The number of hydrogen-bond donors (Lipinski definition) is 1.